The van der Waals surface area contributed by atoms with Gasteiger partial charge in [0.15, 0.2) is 0 Å². The summed E-state index contributed by atoms with van der Waals surface area (Å²) in [5.74, 6) is 0.350. The van der Waals surface area contributed by atoms with Crippen molar-refractivity contribution in [2.75, 3.05) is 18.5 Å². The monoisotopic (exact) mass is 400 g/mol. The quantitative estimate of drug-likeness (QED) is 0.808. The molecule has 0 bridgehead atoms. The third-order valence-electron chi connectivity index (χ3n) is 3.84. The van der Waals surface area contributed by atoms with Crippen LogP contribution >= 0.6 is 0 Å². The highest BCUT2D eigenvalue weighted by molar-refractivity contribution is 7.89. The van der Waals surface area contributed by atoms with Gasteiger partial charge in [0.2, 0.25) is 10.0 Å². The molecule has 10 heteroatoms. The number of amides is 1. The van der Waals surface area contributed by atoms with E-state index in [1.54, 1.807) is 18.2 Å². The number of benzene rings is 2. The van der Waals surface area contributed by atoms with E-state index in [-0.39, 0.29) is 4.90 Å². The molecule has 3 rings (SSSR count). The molecule has 2 aromatic carbocycles. The van der Waals surface area contributed by atoms with Crippen LogP contribution < -0.4 is 14.8 Å². The van der Waals surface area contributed by atoms with Gasteiger partial charge in [-0.25, -0.2) is 13.1 Å². The van der Waals surface area contributed by atoms with Gasteiger partial charge in [-0.05, 0) is 48.0 Å². The smallest absolute Gasteiger partial charge is 0.402 e. The van der Waals surface area contributed by atoms with Crippen molar-refractivity contribution in [1.82, 2.24) is 4.72 Å². The number of sulfonamides is 1. The van der Waals surface area contributed by atoms with Gasteiger partial charge in [-0.3, -0.25) is 4.79 Å². The second kappa shape index (κ2) is 7.20. The number of alkyl halides is 3. The molecule has 2 aromatic rings. The molecular formula is C17H15F3N2O4S. The highest BCUT2D eigenvalue weighted by Crippen LogP contribution is 2.26. The predicted molar refractivity (Wildman–Crippen MR) is 91.3 cm³/mol. The molecule has 1 aliphatic rings. The Balaban J connectivity index is 1.68. The second-order valence-electron chi connectivity index (χ2n) is 5.84. The first kappa shape index (κ1) is 19.2. The summed E-state index contributed by atoms with van der Waals surface area (Å²) in [5.41, 5.74) is 1.66. The van der Waals surface area contributed by atoms with Crippen LogP contribution in [0.15, 0.2) is 47.4 Å². The molecule has 0 atom stereocenters. The number of rotatable bonds is 5. The fraction of sp³-hybridized carbons (Fsp3) is 0.235. The highest BCUT2D eigenvalue weighted by atomic mass is 32.2. The van der Waals surface area contributed by atoms with Crippen molar-refractivity contribution in [3.05, 3.63) is 53.6 Å². The summed E-state index contributed by atoms with van der Waals surface area (Å²) in [5, 5.41) is 2.61. The van der Waals surface area contributed by atoms with Crippen molar-refractivity contribution in [3.8, 4) is 5.75 Å². The summed E-state index contributed by atoms with van der Waals surface area (Å²) in [4.78, 5) is 12.0. The molecule has 144 valence electrons. The number of halogens is 3. The lowest BCUT2D eigenvalue weighted by molar-refractivity contribution is -0.121. The maximum Gasteiger partial charge on any atom is 0.402 e. The van der Waals surface area contributed by atoms with Gasteiger partial charge in [-0.15, -0.1) is 0 Å². The number of anilines is 1. The molecule has 0 aromatic heterocycles. The molecule has 0 saturated heterocycles. The molecule has 0 saturated carbocycles. The van der Waals surface area contributed by atoms with Gasteiger partial charge in [0.05, 0.1) is 11.5 Å². The van der Waals surface area contributed by atoms with Crippen LogP contribution in [0.25, 0.3) is 0 Å². The molecule has 2 N–H and O–H groups in total. The Morgan fingerprint density at radius 2 is 1.81 bits per heavy atom. The summed E-state index contributed by atoms with van der Waals surface area (Å²) < 4.78 is 67.0. The molecule has 27 heavy (non-hydrogen) atoms. The number of hydrogen-bond donors (Lipinski definition) is 2. The van der Waals surface area contributed by atoms with Gasteiger partial charge in [0.25, 0.3) is 5.91 Å². The van der Waals surface area contributed by atoms with Gasteiger partial charge in [-0.2, -0.15) is 13.2 Å². The van der Waals surface area contributed by atoms with Crippen molar-refractivity contribution < 1.29 is 31.1 Å². The molecule has 0 fully saturated rings. The Morgan fingerprint density at radius 3 is 2.48 bits per heavy atom. The molecular weight excluding hydrogens is 385 g/mol. The maximum absolute atomic E-state index is 12.3. The lowest BCUT2D eigenvalue weighted by Crippen LogP contribution is -2.33. The fourth-order valence-electron chi connectivity index (χ4n) is 2.51. The molecule has 0 aliphatic carbocycles. The van der Waals surface area contributed by atoms with Gasteiger partial charge in [-0.1, -0.05) is 0 Å². The Hall–Kier alpha value is -2.59. The predicted octanol–water partition coefficient (Wildman–Crippen LogP) is 2.71. The number of hydrogen-bond acceptors (Lipinski definition) is 4. The van der Waals surface area contributed by atoms with Crippen LogP contribution in [0.5, 0.6) is 5.75 Å². The summed E-state index contributed by atoms with van der Waals surface area (Å²) in [7, 11) is -4.29. The first-order valence-corrected chi connectivity index (χ1v) is 9.36. The zero-order chi connectivity index (χ0) is 19.7. The molecule has 1 aliphatic heterocycles. The van der Waals surface area contributed by atoms with Crippen LogP contribution in [-0.4, -0.2) is 33.7 Å². The van der Waals surface area contributed by atoms with Crippen molar-refractivity contribution in [3.63, 3.8) is 0 Å². The summed E-state index contributed by atoms with van der Waals surface area (Å²) in [6.45, 7) is -1.09. The average molecular weight is 400 g/mol. The first-order valence-electron chi connectivity index (χ1n) is 7.88. The molecule has 6 nitrogen and oxygen atoms in total. The van der Waals surface area contributed by atoms with E-state index in [9.17, 15) is 26.4 Å². The zero-order valence-electron chi connectivity index (χ0n) is 13.8. The average Bonchev–Trinajstić information content (AvgIpc) is 3.08. The molecule has 1 heterocycles. The van der Waals surface area contributed by atoms with Crippen molar-refractivity contribution >= 4 is 21.6 Å². The van der Waals surface area contributed by atoms with Gasteiger partial charge in [0.1, 0.15) is 12.3 Å². The van der Waals surface area contributed by atoms with Gasteiger partial charge < -0.3 is 10.1 Å². The summed E-state index contributed by atoms with van der Waals surface area (Å²) in [6, 6.07) is 9.87. The summed E-state index contributed by atoms with van der Waals surface area (Å²) in [6.07, 6.45) is -3.93. The lowest BCUT2D eigenvalue weighted by Gasteiger charge is -2.10. The number of carbonyl (C=O) groups is 1. The molecule has 1 amide bonds. The van der Waals surface area contributed by atoms with Crippen molar-refractivity contribution in [2.45, 2.75) is 17.5 Å². The summed E-state index contributed by atoms with van der Waals surface area (Å²) >= 11 is 0. The van der Waals surface area contributed by atoms with E-state index in [4.69, 9.17) is 4.74 Å². The Kier molecular flexibility index (Phi) is 5.11. The van der Waals surface area contributed by atoms with Gasteiger partial charge >= 0.3 is 6.18 Å². The molecule has 0 spiro atoms. The first-order chi connectivity index (χ1) is 12.6. The molecule has 0 radical (unpaired) electrons. The third kappa shape index (κ3) is 4.77. The SMILES string of the molecule is O=C(Nc1ccc(S(=O)(=O)NCC(F)(F)F)cc1)c1ccc2c(c1)CCO2. The minimum Gasteiger partial charge on any atom is -0.493 e. The van der Waals surface area contributed by atoms with Crippen molar-refractivity contribution in [2.24, 2.45) is 0 Å². The van der Waals surface area contributed by atoms with E-state index in [0.29, 0.717) is 24.3 Å². The Morgan fingerprint density at radius 1 is 1.11 bits per heavy atom. The topological polar surface area (TPSA) is 84.5 Å². The highest BCUT2D eigenvalue weighted by Gasteiger charge is 2.30. The minimum absolute atomic E-state index is 0.312. The minimum atomic E-state index is -4.65. The lowest BCUT2D eigenvalue weighted by atomic mass is 10.1. The van der Waals surface area contributed by atoms with Gasteiger partial charge in [0, 0.05) is 17.7 Å². The van der Waals surface area contributed by atoms with Crippen LogP contribution in [0.3, 0.4) is 0 Å². The maximum atomic E-state index is 12.3. The zero-order valence-corrected chi connectivity index (χ0v) is 14.7. The van der Waals surface area contributed by atoms with E-state index in [2.05, 4.69) is 5.32 Å². The number of carbonyl (C=O) groups excluding carboxylic acids is 1. The Bertz CT molecular complexity index is 957. The van der Waals surface area contributed by atoms with Crippen LogP contribution in [0.2, 0.25) is 0 Å². The second-order valence-corrected chi connectivity index (χ2v) is 7.61. The van der Waals surface area contributed by atoms with Crippen LogP contribution in [0.4, 0.5) is 18.9 Å². The van der Waals surface area contributed by atoms with Crippen molar-refractivity contribution in [1.29, 1.82) is 0 Å². The fourth-order valence-corrected chi connectivity index (χ4v) is 3.52. The molecule has 0 unspecified atom stereocenters. The van der Waals surface area contributed by atoms with E-state index < -0.39 is 28.7 Å². The van der Waals surface area contributed by atoms with Crippen LogP contribution in [0, 0.1) is 0 Å². The van der Waals surface area contributed by atoms with Crippen LogP contribution in [-0.2, 0) is 16.4 Å². The Labute approximate surface area is 153 Å². The third-order valence-corrected chi connectivity index (χ3v) is 5.25. The van der Waals surface area contributed by atoms with E-state index in [0.717, 1.165) is 23.4 Å². The van der Waals surface area contributed by atoms with E-state index in [1.165, 1.54) is 16.9 Å². The number of nitrogens with one attached hydrogen (secondary N) is 2. The van der Waals surface area contributed by atoms with E-state index in [1.807, 2.05) is 0 Å². The van der Waals surface area contributed by atoms with Crippen LogP contribution in [0.1, 0.15) is 15.9 Å². The number of fused-ring (bicyclic) bond motifs is 1. The van der Waals surface area contributed by atoms with E-state index >= 15 is 0 Å². The standard InChI is InChI=1S/C17H15F3N2O4S/c18-17(19,20)10-21-27(24,25)14-4-2-13(3-5-14)22-16(23)12-1-6-15-11(9-12)7-8-26-15/h1-6,9,21H,7-8,10H2,(H,22,23). The normalized spacial score (nSPS) is 13.7. The largest absolute Gasteiger partial charge is 0.493 e. The number of ether oxygens (including phenoxy) is 1.